The van der Waals surface area contributed by atoms with Crippen LogP contribution < -0.4 is 9.47 Å². The average molecular weight is 580 g/mol. The molecule has 0 atom stereocenters. The van der Waals surface area contributed by atoms with Gasteiger partial charge in [0, 0.05) is 12.1 Å². The summed E-state index contributed by atoms with van der Waals surface area (Å²) >= 11 is 8.48. The van der Waals surface area contributed by atoms with Gasteiger partial charge in [-0.1, -0.05) is 42.2 Å². The Morgan fingerprint density at radius 1 is 1.38 bits per heavy atom. The van der Waals surface area contributed by atoms with Crippen LogP contribution in [0.2, 0.25) is 0 Å². The number of thiocarbonyl (C=S) groups is 1. The Balaban J connectivity index is 1.82. The molecule has 3 rings (SSSR count). The second kappa shape index (κ2) is 10.8. The number of carboxylic acid groups (broad SMARTS) is 1. The van der Waals surface area contributed by atoms with Crippen molar-refractivity contribution in [3.8, 4) is 17.6 Å². The first kappa shape index (κ1) is 24.0. The molecular weight excluding hydrogens is 563 g/mol. The predicted molar refractivity (Wildman–Crippen MR) is 133 cm³/mol. The van der Waals surface area contributed by atoms with Crippen molar-refractivity contribution < 1.29 is 24.2 Å². The topological polar surface area (TPSA) is 99.9 Å². The SMILES string of the molecule is COc1cc(/C=C2/SC(=S)N(CCC(=O)O)C2=O)cc(I)c1OCc1ccccc1C#N. The molecule has 32 heavy (non-hydrogen) atoms. The summed E-state index contributed by atoms with van der Waals surface area (Å²) in [7, 11) is 1.52. The first-order valence-electron chi connectivity index (χ1n) is 9.29. The molecule has 1 aliphatic heterocycles. The van der Waals surface area contributed by atoms with Crippen LogP contribution >= 0.6 is 46.6 Å². The molecule has 1 aliphatic rings. The molecule has 1 amide bonds. The highest BCUT2D eigenvalue weighted by atomic mass is 127. The van der Waals surface area contributed by atoms with Gasteiger partial charge in [-0.25, -0.2) is 0 Å². The van der Waals surface area contributed by atoms with Gasteiger partial charge in [-0.3, -0.25) is 14.5 Å². The number of amides is 1. The number of carbonyl (C=O) groups is 2. The predicted octanol–water partition coefficient (Wildman–Crippen LogP) is 4.43. The van der Waals surface area contributed by atoms with Crippen molar-refractivity contribution in [1.29, 1.82) is 5.26 Å². The molecule has 1 heterocycles. The second-order valence-electron chi connectivity index (χ2n) is 6.57. The lowest BCUT2D eigenvalue weighted by Crippen LogP contribution is -2.30. The molecule has 2 aromatic rings. The second-order valence-corrected chi connectivity index (χ2v) is 9.41. The Hall–Kier alpha value is -2.62. The first-order valence-corrected chi connectivity index (χ1v) is 11.6. The minimum Gasteiger partial charge on any atom is -0.493 e. The number of rotatable bonds is 8. The van der Waals surface area contributed by atoms with Crippen molar-refractivity contribution in [2.45, 2.75) is 13.0 Å². The average Bonchev–Trinajstić information content (AvgIpc) is 3.03. The van der Waals surface area contributed by atoms with Crippen LogP contribution in [0.25, 0.3) is 6.08 Å². The molecule has 1 saturated heterocycles. The molecule has 1 N–H and O–H groups in total. The largest absolute Gasteiger partial charge is 0.493 e. The summed E-state index contributed by atoms with van der Waals surface area (Å²) in [5, 5.41) is 18.1. The number of benzene rings is 2. The van der Waals surface area contributed by atoms with Crippen molar-refractivity contribution >= 4 is 68.8 Å². The van der Waals surface area contributed by atoms with Crippen molar-refractivity contribution in [3.05, 3.63) is 61.6 Å². The van der Waals surface area contributed by atoms with Crippen LogP contribution in [0.4, 0.5) is 0 Å². The summed E-state index contributed by atoms with van der Waals surface area (Å²) in [6.45, 7) is 0.243. The van der Waals surface area contributed by atoms with Gasteiger partial charge >= 0.3 is 5.97 Å². The maximum atomic E-state index is 12.6. The number of aliphatic carboxylic acids is 1. The van der Waals surface area contributed by atoms with E-state index in [1.165, 1.54) is 12.0 Å². The Bertz CT molecular complexity index is 1160. The Kier molecular flexibility index (Phi) is 8.11. The molecule has 0 aromatic heterocycles. The van der Waals surface area contributed by atoms with E-state index in [-0.39, 0.29) is 25.5 Å². The molecule has 164 valence electrons. The van der Waals surface area contributed by atoms with Crippen molar-refractivity contribution in [2.24, 2.45) is 0 Å². The smallest absolute Gasteiger partial charge is 0.305 e. The summed E-state index contributed by atoms with van der Waals surface area (Å²) < 4.78 is 12.6. The minimum absolute atomic E-state index is 0.0368. The standard InChI is InChI=1S/C22H17IN2O5S2/c1-29-17-9-13(10-18-21(28)25(22(31)32-18)7-6-19(26)27)8-16(23)20(17)30-12-15-5-3-2-4-14(15)11-24/h2-5,8-10H,6-7,12H2,1H3,(H,26,27)/b18-10+. The Morgan fingerprint density at radius 3 is 2.81 bits per heavy atom. The molecule has 2 aromatic carbocycles. The van der Waals surface area contributed by atoms with Crippen LogP contribution in [0.1, 0.15) is 23.1 Å². The monoisotopic (exact) mass is 580 g/mol. The summed E-state index contributed by atoms with van der Waals surface area (Å²) in [6.07, 6.45) is 1.52. The van der Waals surface area contributed by atoms with E-state index in [0.717, 1.165) is 26.5 Å². The molecule has 0 aliphatic carbocycles. The summed E-state index contributed by atoms with van der Waals surface area (Å²) in [5.41, 5.74) is 2.03. The number of ether oxygens (including phenoxy) is 2. The van der Waals surface area contributed by atoms with Gasteiger partial charge in [0.15, 0.2) is 11.5 Å². The van der Waals surface area contributed by atoms with E-state index in [1.807, 2.05) is 18.2 Å². The number of thioether (sulfide) groups is 1. The maximum Gasteiger partial charge on any atom is 0.305 e. The summed E-state index contributed by atoms with van der Waals surface area (Å²) in [5.74, 6) is -0.287. The van der Waals surface area contributed by atoms with Crippen LogP contribution in [0.5, 0.6) is 11.5 Å². The lowest BCUT2D eigenvalue weighted by molar-refractivity contribution is -0.137. The Labute approximate surface area is 208 Å². The molecule has 1 fully saturated rings. The fourth-order valence-corrected chi connectivity index (χ4v) is 5.01. The molecule has 0 spiro atoms. The van der Waals surface area contributed by atoms with Crippen molar-refractivity contribution in [2.75, 3.05) is 13.7 Å². The van der Waals surface area contributed by atoms with Crippen molar-refractivity contribution in [3.63, 3.8) is 0 Å². The zero-order chi connectivity index (χ0) is 23.3. The third kappa shape index (κ3) is 5.59. The third-order valence-electron chi connectivity index (χ3n) is 4.48. The van der Waals surface area contributed by atoms with E-state index in [4.69, 9.17) is 26.8 Å². The Morgan fingerprint density at radius 2 is 2.12 bits per heavy atom. The highest BCUT2D eigenvalue weighted by Crippen LogP contribution is 2.37. The molecular formula is C22H17IN2O5S2. The van der Waals surface area contributed by atoms with Gasteiger partial charge < -0.3 is 14.6 Å². The molecule has 0 radical (unpaired) electrons. The number of nitrogens with zero attached hydrogens (tertiary/aromatic N) is 2. The van der Waals surface area contributed by atoms with Gasteiger partial charge in [0.05, 0.1) is 33.6 Å². The number of carbonyl (C=O) groups excluding carboxylic acids is 1. The zero-order valence-corrected chi connectivity index (χ0v) is 20.6. The van der Waals surface area contributed by atoms with Crippen LogP contribution in [0.15, 0.2) is 41.3 Å². The fourth-order valence-electron chi connectivity index (χ4n) is 2.92. The molecule has 10 heteroatoms. The van der Waals surface area contributed by atoms with Gasteiger partial charge in [0.1, 0.15) is 10.9 Å². The minimum atomic E-state index is -0.990. The molecule has 0 unspecified atom stereocenters. The van der Waals surface area contributed by atoms with E-state index in [1.54, 1.807) is 24.3 Å². The highest BCUT2D eigenvalue weighted by molar-refractivity contribution is 14.1. The van der Waals surface area contributed by atoms with E-state index in [0.29, 0.717) is 26.3 Å². The van der Waals surface area contributed by atoms with Gasteiger partial charge in [0.2, 0.25) is 0 Å². The normalized spacial score (nSPS) is 14.5. The molecule has 0 saturated carbocycles. The first-order chi connectivity index (χ1) is 15.3. The van der Waals surface area contributed by atoms with Crippen molar-refractivity contribution in [1.82, 2.24) is 4.90 Å². The van der Waals surface area contributed by atoms with Crippen LogP contribution in [-0.2, 0) is 16.2 Å². The number of hydrogen-bond acceptors (Lipinski definition) is 7. The van der Waals surface area contributed by atoms with E-state index >= 15 is 0 Å². The third-order valence-corrected chi connectivity index (χ3v) is 6.66. The summed E-state index contributed by atoms with van der Waals surface area (Å²) in [4.78, 5) is 25.2. The summed E-state index contributed by atoms with van der Waals surface area (Å²) in [6, 6.07) is 12.9. The quantitative estimate of drug-likeness (QED) is 0.278. The highest BCUT2D eigenvalue weighted by Gasteiger charge is 2.32. The number of methoxy groups -OCH3 is 1. The van der Waals surface area contributed by atoms with Gasteiger partial charge in [0.25, 0.3) is 5.91 Å². The van der Waals surface area contributed by atoms with Gasteiger partial charge in [-0.2, -0.15) is 5.26 Å². The zero-order valence-electron chi connectivity index (χ0n) is 16.8. The van der Waals surface area contributed by atoms with Crippen LogP contribution in [-0.4, -0.2) is 39.9 Å². The van der Waals surface area contributed by atoms with Gasteiger partial charge in [-0.05, 0) is 52.4 Å². The van der Waals surface area contributed by atoms with Crippen LogP contribution in [0, 0.1) is 14.9 Å². The fraction of sp³-hybridized carbons (Fsp3) is 0.182. The van der Waals surface area contributed by atoms with Gasteiger partial charge in [-0.15, -0.1) is 0 Å². The lowest BCUT2D eigenvalue weighted by atomic mass is 10.1. The van der Waals surface area contributed by atoms with Crippen LogP contribution in [0.3, 0.4) is 0 Å². The molecule has 7 nitrogen and oxygen atoms in total. The number of nitriles is 1. The van der Waals surface area contributed by atoms with E-state index in [9.17, 15) is 14.9 Å². The number of carboxylic acids is 1. The number of halogens is 1. The number of hydrogen-bond donors (Lipinski definition) is 1. The van der Waals surface area contributed by atoms with E-state index in [2.05, 4.69) is 28.7 Å². The molecule has 0 bridgehead atoms. The van der Waals surface area contributed by atoms with E-state index < -0.39 is 5.97 Å². The lowest BCUT2D eigenvalue weighted by Gasteiger charge is -2.14. The maximum absolute atomic E-state index is 12.6.